The number of benzene rings is 1. The van der Waals surface area contributed by atoms with E-state index in [-0.39, 0.29) is 28.8 Å². The van der Waals surface area contributed by atoms with Crippen molar-refractivity contribution in [2.75, 3.05) is 0 Å². The van der Waals surface area contributed by atoms with Gasteiger partial charge in [-0.05, 0) is 50.3 Å². The van der Waals surface area contributed by atoms with Gasteiger partial charge in [0.2, 0.25) is 0 Å². The van der Waals surface area contributed by atoms with Crippen LogP contribution in [0.15, 0.2) is 23.5 Å². The predicted molar refractivity (Wildman–Crippen MR) is 78.0 cm³/mol. The van der Waals surface area contributed by atoms with Gasteiger partial charge in [-0.1, -0.05) is 17.7 Å². The van der Waals surface area contributed by atoms with E-state index in [0.717, 1.165) is 16.7 Å². The minimum Gasteiger partial charge on any atom is -0.511 e. The van der Waals surface area contributed by atoms with Crippen molar-refractivity contribution in [3.05, 3.63) is 45.7 Å². The Labute approximate surface area is 119 Å². The first kappa shape index (κ1) is 14.5. The number of rotatable bonds is 2. The van der Waals surface area contributed by atoms with Crippen molar-refractivity contribution in [1.82, 2.24) is 0 Å². The van der Waals surface area contributed by atoms with E-state index in [2.05, 4.69) is 12.1 Å². The molecule has 0 saturated carbocycles. The van der Waals surface area contributed by atoms with E-state index in [9.17, 15) is 14.7 Å². The summed E-state index contributed by atoms with van der Waals surface area (Å²) in [7, 11) is 0. The molecule has 0 bridgehead atoms. The molecule has 0 heterocycles. The number of aliphatic hydroxyl groups excluding tert-OH is 1. The molecule has 106 valence electrons. The minimum atomic E-state index is -0.344. The highest BCUT2D eigenvalue weighted by molar-refractivity contribution is 6.20. The van der Waals surface area contributed by atoms with E-state index in [1.807, 2.05) is 20.8 Å². The van der Waals surface area contributed by atoms with E-state index in [0.29, 0.717) is 12.8 Å². The molecular weight excluding hydrogens is 252 g/mol. The third-order valence-corrected chi connectivity index (χ3v) is 3.94. The van der Waals surface area contributed by atoms with Crippen molar-refractivity contribution in [3.8, 4) is 0 Å². The van der Waals surface area contributed by atoms with Crippen LogP contribution in [0.4, 0.5) is 0 Å². The molecule has 0 saturated heterocycles. The van der Waals surface area contributed by atoms with Gasteiger partial charge in [-0.3, -0.25) is 9.59 Å². The molecule has 1 atom stereocenters. The lowest BCUT2D eigenvalue weighted by Gasteiger charge is -2.26. The molecule has 1 aromatic carbocycles. The summed E-state index contributed by atoms with van der Waals surface area (Å²) in [4.78, 5) is 23.5. The van der Waals surface area contributed by atoms with Crippen LogP contribution in [0.3, 0.4) is 0 Å². The first-order valence-corrected chi connectivity index (χ1v) is 6.85. The SMILES string of the molecule is CC(=O)C1=C(O)C[C@H](c2c(C)cc(C)cc2C)CC1=O. The Balaban J connectivity index is 2.44. The zero-order chi connectivity index (χ0) is 15.0. The molecule has 0 radical (unpaired) electrons. The molecule has 0 aliphatic heterocycles. The van der Waals surface area contributed by atoms with Gasteiger partial charge in [0, 0.05) is 12.8 Å². The fourth-order valence-corrected chi connectivity index (χ4v) is 3.33. The first-order chi connectivity index (χ1) is 9.31. The van der Waals surface area contributed by atoms with E-state index < -0.39 is 0 Å². The quantitative estimate of drug-likeness (QED) is 0.839. The Kier molecular flexibility index (Phi) is 3.80. The van der Waals surface area contributed by atoms with Crippen molar-refractivity contribution >= 4 is 11.6 Å². The number of carbonyl (C=O) groups is 2. The van der Waals surface area contributed by atoms with Crippen molar-refractivity contribution in [2.24, 2.45) is 0 Å². The molecule has 3 heteroatoms. The van der Waals surface area contributed by atoms with Crippen LogP contribution >= 0.6 is 0 Å². The molecule has 1 aliphatic carbocycles. The third-order valence-electron chi connectivity index (χ3n) is 3.94. The summed E-state index contributed by atoms with van der Waals surface area (Å²) in [5, 5.41) is 10.0. The van der Waals surface area contributed by atoms with Crippen LogP contribution in [0.1, 0.15) is 47.9 Å². The molecule has 1 aliphatic rings. The third kappa shape index (κ3) is 2.53. The van der Waals surface area contributed by atoms with Crippen LogP contribution in [0.5, 0.6) is 0 Å². The van der Waals surface area contributed by atoms with Gasteiger partial charge in [-0.15, -0.1) is 0 Å². The first-order valence-electron chi connectivity index (χ1n) is 6.85. The maximum Gasteiger partial charge on any atom is 0.170 e. The lowest BCUT2D eigenvalue weighted by Crippen LogP contribution is -2.23. The Morgan fingerprint density at radius 3 is 2.15 bits per heavy atom. The van der Waals surface area contributed by atoms with Gasteiger partial charge >= 0.3 is 0 Å². The summed E-state index contributed by atoms with van der Waals surface area (Å²) in [6.07, 6.45) is 0.662. The Hall–Kier alpha value is -1.90. The van der Waals surface area contributed by atoms with Gasteiger partial charge < -0.3 is 5.11 Å². The van der Waals surface area contributed by atoms with Gasteiger partial charge in [0.1, 0.15) is 5.76 Å². The second kappa shape index (κ2) is 5.23. The zero-order valence-electron chi connectivity index (χ0n) is 12.4. The van der Waals surface area contributed by atoms with Crippen LogP contribution < -0.4 is 0 Å². The van der Waals surface area contributed by atoms with Crippen LogP contribution in [0.2, 0.25) is 0 Å². The number of aliphatic hydroxyl groups is 1. The van der Waals surface area contributed by atoms with Gasteiger partial charge in [0.05, 0.1) is 5.57 Å². The molecule has 1 aromatic rings. The molecule has 0 fully saturated rings. The lowest BCUT2D eigenvalue weighted by molar-refractivity contribution is -0.121. The van der Waals surface area contributed by atoms with E-state index in [4.69, 9.17) is 0 Å². The summed E-state index contributed by atoms with van der Waals surface area (Å²) in [6.45, 7) is 7.43. The second-order valence-electron chi connectivity index (χ2n) is 5.72. The van der Waals surface area contributed by atoms with E-state index in [1.165, 1.54) is 12.5 Å². The summed E-state index contributed by atoms with van der Waals surface area (Å²) in [5.74, 6) is -0.682. The topological polar surface area (TPSA) is 54.4 Å². The van der Waals surface area contributed by atoms with Gasteiger partial charge in [-0.25, -0.2) is 0 Å². The number of allylic oxidation sites excluding steroid dienone is 2. The van der Waals surface area contributed by atoms with Gasteiger partial charge in [0.25, 0.3) is 0 Å². The second-order valence-corrected chi connectivity index (χ2v) is 5.72. The summed E-state index contributed by atoms with van der Waals surface area (Å²) < 4.78 is 0. The summed E-state index contributed by atoms with van der Waals surface area (Å²) in [5.41, 5.74) is 4.58. The Morgan fingerprint density at radius 1 is 1.15 bits per heavy atom. The highest BCUT2D eigenvalue weighted by Gasteiger charge is 2.32. The summed E-state index contributed by atoms with van der Waals surface area (Å²) >= 11 is 0. The predicted octanol–water partition coefficient (Wildman–Crippen LogP) is 3.46. The largest absolute Gasteiger partial charge is 0.511 e. The standard InChI is InChI=1S/C17H20O3/c1-9-5-10(2)16(11(3)6-9)13-7-14(19)17(12(4)18)15(20)8-13/h5-6,13,19H,7-8H2,1-4H3/t13-/m0/s1. The maximum absolute atomic E-state index is 12.1. The van der Waals surface area contributed by atoms with Gasteiger partial charge in [-0.2, -0.15) is 0 Å². The molecule has 3 nitrogen and oxygen atoms in total. The average molecular weight is 272 g/mol. The average Bonchev–Trinajstić information content (AvgIpc) is 2.25. The lowest BCUT2D eigenvalue weighted by atomic mass is 9.78. The molecule has 0 spiro atoms. The Bertz CT molecular complexity index is 600. The Morgan fingerprint density at radius 2 is 1.70 bits per heavy atom. The highest BCUT2D eigenvalue weighted by Crippen LogP contribution is 2.37. The molecule has 0 amide bonds. The molecule has 20 heavy (non-hydrogen) atoms. The smallest absolute Gasteiger partial charge is 0.170 e. The number of ketones is 2. The minimum absolute atomic E-state index is 0.0105. The molecule has 1 N–H and O–H groups in total. The van der Waals surface area contributed by atoms with Crippen LogP contribution in [-0.4, -0.2) is 16.7 Å². The van der Waals surface area contributed by atoms with Crippen molar-refractivity contribution in [2.45, 2.75) is 46.5 Å². The van der Waals surface area contributed by atoms with Crippen LogP contribution in [0, 0.1) is 20.8 Å². The number of hydrogen-bond acceptors (Lipinski definition) is 3. The highest BCUT2D eigenvalue weighted by atomic mass is 16.3. The molecular formula is C17H20O3. The van der Waals surface area contributed by atoms with Crippen molar-refractivity contribution in [1.29, 1.82) is 0 Å². The summed E-state index contributed by atoms with van der Waals surface area (Å²) in [6, 6.07) is 4.18. The van der Waals surface area contributed by atoms with Crippen LogP contribution in [-0.2, 0) is 9.59 Å². The molecule has 0 unspecified atom stereocenters. The van der Waals surface area contributed by atoms with E-state index in [1.54, 1.807) is 0 Å². The van der Waals surface area contributed by atoms with Crippen molar-refractivity contribution in [3.63, 3.8) is 0 Å². The van der Waals surface area contributed by atoms with E-state index >= 15 is 0 Å². The molecule has 0 aromatic heterocycles. The molecule has 2 rings (SSSR count). The normalized spacial score (nSPS) is 19.4. The maximum atomic E-state index is 12.1. The number of Topliss-reactive ketones (excluding diaryl/α,β-unsaturated/α-hetero) is 2. The van der Waals surface area contributed by atoms with Crippen LogP contribution in [0.25, 0.3) is 0 Å². The number of carbonyl (C=O) groups excluding carboxylic acids is 2. The fraction of sp³-hybridized carbons (Fsp3) is 0.412. The fourth-order valence-electron chi connectivity index (χ4n) is 3.33. The zero-order valence-corrected chi connectivity index (χ0v) is 12.4. The number of aryl methyl sites for hydroxylation is 3. The van der Waals surface area contributed by atoms with Gasteiger partial charge in [0.15, 0.2) is 11.6 Å². The monoisotopic (exact) mass is 272 g/mol. The van der Waals surface area contributed by atoms with Crippen molar-refractivity contribution < 1.29 is 14.7 Å². The number of hydrogen-bond donors (Lipinski definition) is 1.